The molecule has 0 bridgehead atoms. The maximum atomic E-state index is 10.1. The summed E-state index contributed by atoms with van der Waals surface area (Å²) in [6.45, 7) is 0. The van der Waals surface area contributed by atoms with Gasteiger partial charge in [-0.3, -0.25) is 9.97 Å². The van der Waals surface area contributed by atoms with Gasteiger partial charge in [0.15, 0.2) is 0 Å². The minimum absolute atomic E-state index is 0.375. The fraction of sp³-hybridized carbons (Fsp3) is 0.308. The van der Waals surface area contributed by atoms with Crippen molar-refractivity contribution in [1.29, 1.82) is 0 Å². The SMILES string of the molecule is COc1nccnc1C(O)CCc1ccncc1. The molecule has 0 spiro atoms. The van der Waals surface area contributed by atoms with Crippen LogP contribution in [0.1, 0.15) is 23.8 Å². The summed E-state index contributed by atoms with van der Waals surface area (Å²) in [6.07, 6.45) is 7.21. The van der Waals surface area contributed by atoms with E-state index < -0.39 is 6.10 Å². The molecule has 0 amide bonds. The molecule has 1 N–H and O–H groups in total. The molecule has 0 saturated heterocycles. The van der Waals surface area contributed by atoms with Crippen LogP contribution >= 0.6 is 0 Å². The first-order valence-corrected chi connectivity index (χ1v) is 5.73. The van der Waals surface area contributed by atoms with E-state index in [4.69, 9.17) is 4.74 Å². The quantitative estimate of drug-likeness (QED) is 0.865. The highest BCUT2D eigenvalue weighted by Crippen LogP contribution is 2.23. The Hall–Kier alpha value is -2.01. The number of methoxy groups -OCH3 is 1. The average Bonchev–Trinajstić information content (AvgIpc) is 2.45. The second kappa shape index (κ2) is 6.07. The van der Waals surface area contributed by atoms with Crippen LogP contribution in [0.15, 0.2) is 36.9 Å². The van der Waals surface area contributed by atoms with Crippen LogP contribution in [0.2, 0.25) is 0 Å². The molecule has 2 rings (SSSR count). The molecule has 2 aromatic heterocycles. The molecule has 1 atom stereocenters. The molecule has 5 heteroatoms. The highest BCUT2D eigenvalue weighted by atomic mass is 16.5. The van der Waals surface area contributed by atoms with Crippen molar-refractivity contribution in [3.63, 3.8) is 0 Å². The summed E-state index contributed by atoms with van der Waals surface area (Å²) < 4.78 is 5.07. The van der Waals surface area contributed by atoms with Crippen molar-refractivity contribution in [3.8, 4) is 5.88 Å². The van der Waals surface area contributed by atoms with Crippen molar-refractivity contribution in [1.82, 2.24) is 15.0 Å². The van der Waals surface area contributed by atoms with Gasteiger partial charge in [0.05, 0.1) is 7.11 Å². The third-order valence-corrected chi connectivity index (χ3v) is 2.66. The van der Waals surface area contributed by atoms with Crippen molar-refractivity contribution in [3.05, 3.63) is 48.2 Å². The van der Waals surface area contributed by atoms with Crippen LogP contribution in [0.3, 0.4) is 0 Å². The van der Waals surface area contributed by atoms with Gasteiger partial charge in [0.2, 0.25) is 5.88 Å². The van der Waals surface area contributed by atoms with E-state index in [0.717, 1.165) is 12.0 Å². The lowest BCUT2D eigenvalue weighted by molar-refractivity contribution is 0.157. The maximum Gasteiger partial charge on any atom is 0.238 e. The molecular weight excluding hydrogens is 230 g/mol. The zero-order valence-electron chi connectivity index (χ0n) is 10.2. The van der Waals surface area contributed by atoms with Crippen LogP contribution in [-0.2, 0) is 6.42 Å². The van der Waals surface area contributed by atoms with Gasteiger partial charge in [-0.25, -0.2) is 4.98 Å². The Morgan fingerprint density at radius 1 is 1.17 bits per heavy atom. The lowest BCUT2D eigenvalue weighted by Gasteiger charge is -2.12. The molecule has 0 fully saturated rings. The molecular formula is C13H15N3O2. The summed E-state index contributed by atoms with van der Waals surface area (Å²) in [5, 5.41) is 10.1. The van der Waals surface area contributed by atoms with Gasteiger partial charge in [0, 0.05) is 24.8 Å². The van der Waals surface area contributed by atoms with E-state index in [1.807, 2.05) is 12.1 Å². The Balaban J connectivity index is 2.01. The van der Waals surface area contributed by atoms with Gasteiger partial charge in [-0.15, -0.1) is 0 Å². The summed E-state index contributed by atoms with van der Waals surface area (Å²) in [5.41, 5.74) is 1.61. The van der Waals surface area contributed by atoms with Crippen LogP contribution < -0.4 is 4.74 Å². The van der Waals surface area contributed by atoms with E-state index in [0.29, 0.717) is 18.0 Å². The van der Waals surface area contributed by atoms with Gasteiger partial charge >= 0.3 is 0 Å². The average molecular weight is 245 g/mol. The Labute approximate surface area is 106 Å². The lowest BCUT2D eigenvalue weighted by atomic mass is 10.1. The number of rotatable bonds is 5. The van der Waals surface area contributed by atoms with Gasteiger partial charge in [0.1, 0.15) is 11.8 Å². The van der Waals surface area contributed by atoms with Crippen molar-refractivity contribution >= 4 is 0 Å². The highest BCUT2D eigenvalue weighted by Gasteiger charge is 2.15. The van der Waals surface area contributed by atoms with Gasteiger partial charge in [0.25, 0.3) is 0 Å². The fourth-order valence-electron chi connectivity index (χ4n) is 1.71. The first-order valence-electron chi connectivity index (χ1n) is 5.73. The van der Waals surface area contributed by atoms with Crippen LogP contribution in [0.4, 0.5) is 0 Å². The Kier molecular flexibility index (Phi) is 4.20. The molecule has 0 aliphatic rings. The fourth-order valence-corrected chi connectivity index (χ4v) is 1.71. The third-order valence-electron chi connectivity index (χ3n) is 2.66. The first kappa shape index (κ1) is 12.4. The Morgan fingerprint density at radius 3 is 2.61 bits per heavy atom. The van der Waals surface area contributed by atoms with Crippen LogP contribution in [-0.4, -0.2) is 27.2 Å². The summed E-state index contributed by atoms with van der Waals surface area (Å²) in [4.78, 5) is 12.1. The Bertz CT molecular complexity index is 491. The third kappa shape index (κ3) is 3.01. The normalized spacial score (nSPS) is 12.1. The van der Waals surface area contributed by atoms with E-state index in [1.54, 1.807) is 18.6 Å². The number of aryl methyl sites for hydroxylation is 1. The summed E-state index contributed by atoms with van der Waals surface area (Å²) >= 11 is 0. The van der Waals surface area contributed by atoms with Gasteiger partial charge in [-0.05, 0) is 30.5 Å². The first-order chi connectivity index (χ1) is 8.81. The van der Waals surface area contributed by atoms with Crippen molar-refractivity contribution in [2.75, 3.05) is 7.11 Å². The molecule has 94 valence electrons. The molecule has 0 aromatic carbocycles. The number of nitrogens with zero attached hydrogens (tertiary/aromatic N) is 3. The molecule has 2 heterocycles. The molecule has 18 heavy (non-hydrogen) atoms. The molecule has 1 unspecified atom stereocenters. The van der Waals surface area contributed by atoms with Crippen molar-refractivity contribution in [2.24, 2.45) is 0 Å². The highest BCUT2D eigenvalue weighted by molar-refractivity contribution is 5.20. The molecule has 0 aliphatic carbocycles. The van der Waals surface area contributed by atoms with E-state index in [-0.39, 0.29) is 0 Å². The van der Waals surface area contributed by atoms with Gasteiger partial charge < -0.3 is 9.84 Å². The molecule has 5 nitrogen and oxygen atoms in total. The van der Waals surface area contributed by atoms with E-state index in [1.165, 1.54) is 13.3 Å². The number of hydrogen-bond donors (Lipinski definition) is 1. The van der Waals surface area contributed by atoms with Crippen molar-refractivity contribution < 1.29 is 9.84 Å². The zero-order valence-corrected chi connectivity index (χ0v) is 10.2. The molecule has 0 radical (unpaired) electrons. The summed E-state index contributed by atoms with van der Waals surface area (Å²) in [6, 6.07) is 3.86. The van der Waals surface area contributed by atoms with Crippen molar-refractivity contribution in [2.45, 2.75) is 18.9 Å². The summed E-state index contributed by atoms with van der Waals surface area (Å²) in [7, 11) is 1.52. The van der Waals surface area contributed by atoms with Gasteiger partial charge in [-0.2, -0.15) is 0 Å². The Morgan fingerprint density at radius 2 is 1.89 bits per heavy atom. The molecule has 0 saturated carbocycles. The summed E-state index contributed by atoms with van der Waals surface area (Å²) in [5.74, 6) is 0.375. The zero-order chi connectivity index (χ0) is 12.8. The topological polar surface area (TPSA) is 68.1 Å². The largest absolute Gasteiger partial charge is 0.480 e. The molecule has 0 aliphatic heterocycles. The van der Waals surface area contributed by atoms with E-state index >= 15 is 0 Å². The number of aromatic nitrogens is 3. The monoisotopic (exact) mass is 245 g/mol. The van der Waals surface area contributed by atoms with Crippen LogP contribution in [0, 0.1) is 0 Å². The lowest BCUT2D eigenvalue weighted by Crippen LogP contribution is -2.06. The van der Waals surface area contributed by atoms with Gasteiger partial charge in [-0.1, -0.05) is 0 Å². The maximum absolute atomic E-state index is 10.1. The smallest absolute Gasteiger partial charge is 0.238 e. The second-order valence-electron chi connectivity index (χ2n) is 3.86. The van der Waals surface area contributed by atoms with Crippen LogP contribution in [0.5, 0.6) is 5.88 Å². The van der Waals surface area contributed by atoms with E-state index in [9.17, 15) is 5.11 Å². The minimum Gasteiger partial charge on any atom is -0.480 e. The standard InChI is InChI=1S/C13H15N3O2/c1-18-13-12(15-8-9-16-13)11(17)3-2-10-4-6-14-7-5-10/h4-9,11,17H,2-3H2,1H3. The minimum atomic E-state index is -0.679. The number of hydrogen-bond acceptors (Lipinski definition) is 5. The van der Waals surface area contributed by atoms with Crippen LogP contribution in [0.25, 0.3) is 0 Å². The number of aliphatic hydroxyl groups excluding tert-OH is 1. The second-order valence-corrected chi connectivity index (χ2v) is 3.86. The predicted molar refractivity (Wildman–Crippen MR) is 66.1 cm³/mol. The number of pyridine rings is 1. The number of ether oxygens (including phenoxy) is 1. The predicted octanol–water partition coefficient (Wildman–Crippen LogP) is 1.55. The molecule has 2 aromatic rings. The number of aliphatic hydroxyl groups is 1. The van der Waals surface area contributed by atoms with E-state index in [2.05, 4.69) is 15.0 Å².